The first kappa shape index (κ1) is 8.75. The highest BCUT2D eigenvalue weighted by molar-refractivity contribution is 5.10. The first-order valence-corrected chi connectivity index (χ1v) is 5.05. The molecule has 0 aliphatic heterocycles. The van der Waals surface area contributed by atoms with Crippen LogP contribution in [0.1, 0.15) is 31.5 Å². The molecule has 3 nitrogen and oxygen atoms in total. The summed E-state index contributed by atoms with van der Waals surface area (Å²) in [4.78, 5) is 0. The minimum atomic E-state index is 0.516. The van der Waals surface area contributed by atoms with Crippen molar-refractivity contribution in [2.45, 2.75) is 32.4 Å². The van der Waals surface area contributed by atoms with Gasteiger partial charge in [-0.05, 0) is 38.8 Å². The van der Waals surface area contributed by atoms with Crippen LogP contribution in [0.5, 0.6) is 0 Å². The molecule has 0 spiro atoms. The summed E-state index contributed by atoms with van der Waals surface area (Å²) in [6, 6.07) is 2.64. The Balaban J connectivity index is 2.20. The zero-order valence-corrected chi connectivity index (χ0v) is 8.33. The van der Waals surface area contributed by atoms with E-state index in [0.717, 1.165) is 12.5 Å². The summed E-state index contributed by atoms with van der Waals surface area (Å²) in [5.74, 6) is 0.840. The van der Waals surface area contributed by atoms with Crippen molar-refractivity contribution in [3.63, 3.8) is 0 Å². The molecule has 0 radical (unpaired) electrons. The van der Waals surface area contributed by atoms with Crippen molar-refractivity contribution in [1.82, 2.24) is 15.1 Å². The molecule has 0 bridgehead atoms. The lowest BCUT2D eigenvalue weighted by atomic mass is 10.1. The lowest BCUT2D eigenvalue weighted by molar-refractivity contribution is 0.472. The molecular weight excluding hydrogens is 162 g/mol. The molecule has 1 aromatic heterocycles. The van der Waals surface area contributed by atoms with E-state index in [9.17, 15) is 0 Å². The van der Waals surface area contributed by atoms with Gasteiger partial charge in [-0.1, -0.05) is 0 Å². The molecule has 2 rings (SSSR count). The van der Waals surface area contributed by atoms with Gasteiger partial charge in [0.25, 0.3) is 0 Å². The van der Waals surface area contributed by atoms with Gasteiger partial charge < -0.3 is 5.32 Å². The van der Waals surface area contributed by atoms with Gasteiger partial charge in [-0.3, -0.25) is 4.68 Å². The van der Waals surface area contributed by atoms with E-state index in [4.69, 9.17) is 0 Å². The maximum Gasteiger partial charge on any atom is 0.0556 e. The molecule has 0 amide bonds. The Hall–Kier alpha value is -0.830. The first-order chi connectivity index (χ1) is 6.36. The Morgan fingerprint density at radius 3 is 3.00 bits per heavy atom. The summed E-state index contributed by atoms with van der Waals surface area (Å²) in [6.07, 6.45) is 4.62. The Morgan fingerprint density at radius 1 is 1.69 bits per heavy atom. The summed E-state index contributed by atoms with van der Waals surface area (Å²) >= 11 is 0. The minimum absolute atomic E-state index is 0.516. The standard InChI is InChI=1S/C10H17N3/c1-3-13-9(6-7-12-13)10(11-2)8-4-5-8/h6-8,10-11H,3-5H2,1-2H3. The van der Waals surface area contributed by atoms with Crippen LogP contribution in [0.3, 0.4) is 0 Å². The van der Waals surface area contributed by atoms with Crippen LogP contribution >= 0.6 is 0 Å². The largest absolute Gasteiger partial charge is 0.311 e. The van der Waals surface area contributed by atoms with Crippen molar-refractivity contribution in [3.8, 4) is 0 Å². The number of hydrogen-bond donors (Lipinski definition) is 1. The highest BCUT2D eigenvalue weighted by Crippen LogP contribution is 2.40. The highest BCUT2D eigenvalue weighted by atomic mass is 15.3. The zero-order valence-electron chi connectivity index (χ0n) is 8.33. The molecule has 13 heavy (non-hydrogen) atoms. The predicted molar refractivity (Wildman–Crippen MR) is 52.4 cm³/mol. The van der Waals surface area contributed by atoms with Crippen molar-refractivity contribution in [3.05, 3.63) is 18.0 Å². The Kier molecular flexibility index (Phi) is 2.36. The van der Waals surface area contributed by atoms with E-state index >= 15 is 0 Å². The Labute approximate surface area is 79.1 Å². The third-order valence-corrected chi connectivity index (χ3v) is 2.77. The van der Waals surface area contributed by atoms with Crippen LogP contribution in [0.2, 0.25) is 0 Å². The smallest absolute Gasteiger partial charge is 0.0556 e. The molecule has 1 atom stereocenters. The van der Waals surface area contributed by atoms with Gasteiger partial charge in [0.1, 0.15) is 0 Å². The summed E-state index contributed by atoms with van der Waals surface area (Å²) in [5.41, 5.74) is 1.34. The van der Waals surface area contributed by atoms with Gasteiger partial charge in [0.05, 0.1) is 11.7 Å². The molecule has 1 N–H and O–H groups in total. The van der Waals surface area contributed by atoms with Crippen LogP contribution in [0.4, 0.5) is 0 Å². The second-order valence-electron chi connectivity index (χ2n) is 3.68. The molecule has 1 saturated carbocycles. The van der Waals surface area contributed by atoms with E-state index < -0.39 is 0 Å². The van der Waals surface area contributed by atoms with E-state index in [-0.39, 0.29) is 0 Å². The maximum absolute atomic E-state index is 4.29. The molecular formula is C10H17N3. The van der Waals surface area contributed by atoms with Gasteiger partial charge in [0.15, 0.2) is 0 Å². The predicted octanol–water partition coefficient (Wildman–Crippen LogP) is 1.57. The number of aryl methyl sites for hydroxylation is 1. The van der Waals surface area contributed by atoms with Gasteiger partial charge in [-0.15, -0.1) is 0 Å². The van der Waals surface area contributed by atoms with Crippen LogP contribution in [0, 0.1) is 5.92 Å². The second kappa shape index (κ2) is 3.50. The molecule has 1 aliphatic carbocycles. The molecule has 0 saturated heterocycles. The monoisotopic (exact) mass is 179 g/mol. The zero-order chi connectivity index (χ0) is 9.26. The van der Waals surface area contributed by atoms with Crippen LogP contribution in [-0.2, 0) is 6.54 Å². The molecule has 0 aromatic carbocycles. The molecule has 1 unspecified atom stereocenters. The number of nitrogens with one attached hydrogen (secondary N) is 1. The summed E-state index contributed by atoms with van der Waals surface area (Å²) in [6.45, 7) is 3.10. The molecule has 3 heteroatoms. The maximum atomic E-state index is 4.29. The second-order valence-corrected chi connectivity index (χ2v) is 3.68. The van der Waals surface area contributed by atoms with Crippen LogP contribution in [0.25, 0.3) is 0 Å². The SMILES string of the molecule is CCn1nccc1C(NC)C1CC1. The molecule has 1 aromatic rings. The molecule has 1 fully saturated rings. The van der Waals surface area contributed by atoms with Crippen molar-refractivity contribution in [2.75, 3.05) is 7.05 Å². The number of nitrogens with zero attached hydrogens (tertiary/aromatic N) is 2. The lowest BCUT2D eigenvalue weighted by Gasteiger charge is -2.16. The normalized spacial score (nSPS) is 18.9. The fourth-order valence-corrected chi connectivity index (χ4v) is 1.93. The number of hydrogen-bond acceptors (Lipinski definition) is 2. The fraction of sp³-hybridized carbons (Fsp3) is 0.700. The number of aromatic nitrogens is 2. The molecule has 1 heterocycles. The van der Waals surface area contributed by atoms with Gasteiger partial charge in [-0.25, -0.2) is 0 Å². The van der Waals surface area contributed by atoms with Crippen molar-refractivity contribution < 1.29 is 0 Å². The van der Waals surface area contributed by atoms with Gasteiger partial charge in [0, 0.05) is 12.7 Å². The van der Waals surface area contributed by atoms with Crippen LogP contribution in [-0.4, -0.2) is 16.8 Å². The fourth-order valence-electron chi connectivity index (χ4n) is 1.93. The summed E-state index contributed by atoms with van der Waals surface area (Å²) in [5, 5.41) is 7.67. The Bertz CT molecular complexity index is 275. The average molecular weight is 179 g/mol. The third kappa shape index (κ3) is 1.61. The van der Waals surface area contributed by atoms with Crippen LogP contribution < -0.4 is 5.32 Å². The minimum Gasteiger partial charge on any atom is -0.311 e. The van der Waals surface area contributed by atoms with E-state index in [1.54, 1.807) is 0 Å². The summed E-state index contributed by atoms with van der Waals surface area (Å²) in [7, 11) is 2.04. The first-order valence-electron chi connectivity index (χ1n) is 5.05. The van der Waals surface area contributed by atoms with Crippen molar-refractivity contribution in [2.24, 2.45) is 5.92 Å². The topological polar surface area (TPSA) is 29.9 Å². The molecule has 72 valence electrons. The van der Waals surface area contributed by atoms with Gasteiger partial charge in [0.2, 0.25) is 0 Å². The van der Waals surface area contributed by atoms with E-state index in [1.165, 1.54) is 18.5 Å². The molecule has 1 aliphatic rings. The van der Waals surface area contributed by atoms with Gasteiger partial charge >= 0.3 is 0 Å². The Morgan fingerprint density at radius 2 is 2.46 bits per heavy atom. The van der Waals surface area contributed by atoms with Crippen LogP contribution in [0.15, 0.2) is 12.3 Å². The van der Waals surface area contributed by atoms with Gasteiger partial charge in [-0.2, -0.15) is 5.10 Å². The van der Waals surface area contributed by atoms with Crippen molar-refractivity contribution in [1.29, 1.82) is 0 Å². The highest BCUT2D eigenvalue weighted by Gasteiger charge is 2.32. The third-order valence-electron chi connectivity index (χ3n) is 2.77. The van der Waals surface area contributed by atoms with E-state index in [1.807, 2.05) is 13.2 Å². The average Bonchev–Trinajstić information content (AvgIpc) is 2.86. The quantitative estimate of drug-likeness (QED) is 0.760. The number of rotatable bonds is 4. The lowest BCUT2D eigenvalue weighted by Crippen LogP contribution is -2.21. The van der Waals surface area contributed by atoms with Crippen molar-refractivity contribution >= 4 is 0 Å². The van der Waals surface area contributed by atoms with E-state index in [2.05, 4.69) is 28.1 Å². The van der Waals surface area contributed by atoms with E-state index in [0.29, 0.717) is 6.04 Å². The summed E-state index contributed by atoms with van der Waals surface area (Å²) < 4.78 is 2.08.